The first kappa shape index (κ1) is 22.7. The summed E-state index contributed by atoms with van der Waals surface area (Å²) in [7, 11) is 0. The molecule has 0 bridgehead atoms. The molecule has 2 aromatic heterocycles. The Labute approximate surface area is 198 Å². The highest BCUT2D eigenvalue weighted by Gasteiger charge is 2.22. The van der Waals surface area contributed by atoms with Gasteiger partial charge in [-0.05, 0) is 56.0 Å². The molecule has 1 unspecified atom stereocenters. The Hall–Kier alpha value is -3.45. The van der Waals surface area contributed by atoms with Gasteiger partial charge >= 0.3 is 0 Å². The fraction of sp³-hybridized carbons (Fsp3) is 0.231. The average Bonchev–Trinajstić information content (AvgIpc) is 3.23. The third-order valence-electron chi connectivity index (χ3n) is 5.50. The SMILES string of the molecule is Cc1cccc(C)c1NC(=O)C(C)Sc1nnc(-c2ccncc2)n1CCc1ccccc1. The Morgan fingerprint density at radius 3 is 2.36 bits per heavy atom. The van der Waals surface area contributed by atoms with Crippen LogP contribution in [0.1, 0.15) is 23.6 Å². The molecule has 0 spiro atoms. The number of amides is 1. The Morgan fingerprint density at radius 2 is 1.67 bits per heavy atom. The largest absolute Gasteiger partial charge is 0.325 e. The molecule has 2 aromatic carbocycles. The van der Waals surface area contributed by atoms with Crippen molar-refractivity contribution in [3.63, 3.8) is 0 Å². The van der Waals surface area contributed by atoms with Gasteiger partial charge in [0.1, 0.15) is 0 Å². The molecule has 0 aliphatic rings. The van der Waals surface area contributed by atoms with Gasteiger partial charge in [0.05, 0.1) is 5.25 Å². The summed E-state index contributed by atoms with van der Waals surface area (Å²) < 4.78 is 2.09. The normalized spacial score (nSPS) is 11.8. The van der Waals surface area contributed by atoms with E-state index in [0.29, 0.717) is 6.54 Å². The second-order valence-corrected chi connectivity index (χ2v) is 9.25. The van der Waals surface area contributed by atoms with Gasteiger partial charge in [-0.2, -0.15) is 0 Å². The second kappa shape index (κ2) is 10.4. The van der Waals surface area contributed by atoms with Crippen molar-refractivity contribution in [3.8, 4) is 11.4 Å². The number of carbonyl (C=O) groups is 1. The number of nitrogens with zero attached hydrogens (tertiary/aromatic N) is 4. The van der Waals surface area contributed by atoms with Gasteiger partial charge < -0.3 is 9.88 Å². The minimum atomic E-state index is -0.339. The quantitative estimate of drug-likeness (QED) is 0.363. The first-order valence-electron chi connectivity index (χ1n) is 10.9. The molecule has 0 aliphatic heterocycles. The van der Waals surface area contributed by atoms with Crippen molar-refractivity contribution in [3.05, 3.63) is 89.7 Å². The van der Waals surface area contributed by atoms with Crippen molar-refractivity contribution in [1.82, 2.24) is 19.7 Å². The number of carbonyl (C=O) groups excluding carboxylic acids is 1. The first-order chi connectivity index (χ1) is 16.0. The molecule has 0 radical (unpaired) electrons. The maximum Gasteiger partial charge on any atom is 0.237 e. The molecule has 1 atom stereocenters. The summed E-state index contributed by atoms with van der Waals surface area (Å²) in [5.41, 5.74) is 5.16. The van der Waals surface area contributed by atoms with E-state index in [-0.39, 0.29) is 11.2 Å². The lowest BCUT2D eigenvalue weighted by Crippen LogP contribution is -2.24. The lowest BCUT2D eigenvalue weighted by Gasteiger charge is -2.16. The number of aromatic nitrogens is 4. The summed E-state index contributed by atoms with van der Waals surface area (Å²) in [4.78, 5) is 17.1. The first-order valence-corrected chi connectivity index (χ1v) is 11.8. The maximum atomic E-state index is 13.0. The molecule has 0 fully saturated rings. The topological polar surface area (TPSA) is 72.7 Å². The van der Waals surface area contributed by atoms with Crippen LogP contribution < -0.4 is 5.32 Å². The molecule has 4 aromatic rings. The number of aryl methyl sites for hydroxylation is 3. The van der Waals surface area contributed by atoms with E-state index in [1.807, 2.05) is 69.3 Å². The zero-order valence-corrected chi connectivity index (χ0v) is 19.8. The molecule has 0 aliphatic carbocycles. The van der Waals surface area contributed by atoms with Crippen molar-refractivity contribution in [2.45, 2.75) is 44.1 Å². The standard InChI is InChI=1S/C26H27N5OS/c1-18-8-7-9-19(2)23(18)28-25(32)20(3)33-26-30-29-24(22-12-15-27-16-13-22)31(26)17-14-21-10-5-4-6-11-21/h4-13,15-16,20H,14,17H2,1-3H3,(H,28,32). The van der Waals surface area contributed by atoms with Crippen LogP contribution in [0.15, 0.2) is 78.2 Å². The monoisotopic (exact) mass is 457 g/mol. The molecule has 2 heterocycles. The summed E-state index contributed by atoms with van der Waals surface area (Å²) in [5, 5.41) is 12.4. The molecular formula is C26H27N5OS. The number of hydrogen-bond donors (Lipinski definition) is 1. The zero-order valence-electron chi connectivity index (χ0n) is 19.0. The van der Waals surface area contributed by atoms with E-state index in [2.05, 4.69) is 37.2 Å². The van der Waals surface area contributed by atoms with Gasteiger partial charge in [-0.15, -0.1) is 10.2 Å². The van der Waals surface area contributed by atoms with Crippen LogP contribution in [0.3, 0.4) is 0 Å². The third kappa shape index (κ3) is 5.49. The third-order valence-corrected chi connectivity index (χ3v) is 6.58. The van der Waals surface area contributed by atoms with Crippen molar-refractivity contribution in [2.75, 3.05) is 5.32 Å². The van der Waals surface area contributed by atoms with E-state index in [0.717, 1.165) is 39.8 Å². The van der Waals surface area contributed by atoms with Gasteiger partial charge in [0.15, 0.2) is 11.0 Å². The van der Waals surface area contributed by atoms with E-state index in [1.165, 1.54) is 17.3 Å². The summed E-state index contributed by atoms with van der Waals surface area (Å²) in [6.45, 7) is 6.61. The van der Waals surface area contributed by atoms with Crippen molar-refractivity contribution < 1.29 is 4.79 Å². The molecular weight excluding hydrogens is 430 g/mol. The van der Waals surface area contributed by atoms with Gasteiger partial charge in [-0.3, -0.25) is 9.78 Å². The summed E-state index contributed by atoms with van der Waals surface area (Å²) in [6.07, 6.45) is 4.34. The van der Waals surface area contributed by atoms with Gasteiger partial charge in [0, 0.05) is 30.2 Å². The lowest BCUT2D eigenvalue weighted by molar-refractivity contribution is -0.115. The highest BCUT2D eigenvalue weighted by atomic mass is 32.2. The zero-order chi connectivity index (χ0) is 23.2. The number of rotatable bonds is 8. The van der Waals surface area contributed by atoms with E-state index < -0.39 is 0 Å². The van der Waals surface area contributed by atoms with Crippen LogP contribution in [0.4, 0.5) is 5.69 Å². The van der Waals surface area contributed by atoms with Gasteiger partial charge in [-0.1, -0.05) is 60.3 Å². The van der Waals surface area contributed by atoms with Gasteiger partial charge in [-0.25, -0.2) is 0 Å². The van der Waals surface area contributed by atoms with Crippen molar-refractivity contribution in [1.29, 1.82) is 0 Å². The Kier molecular flexibility index (Phi) is 7.19. The summed E-state index contributed by atoms with van der Waals surface area (Å²) in [5.74, 6) is 0.721. The Balaban J connectivity index is 1.56. The van der Waals surface area contributed by atoms with Gasteiger partial charge in [0.2, 0.25) is 5.91 Å². The molecule has 1 amide bonds. The minimum Gasteiger partial charge on any atom is -0.325 e. The molecule has 4 rings (SSSR count). The lowest BCUT2D eigenvalue weighted by atomic mass is 10.1. The van der Waals surface area contributed by atoms with E-state index in [4.69, 9.17) is 0 Å². The minimum absolute atomic E-state index is 0.0551. The van der Waals surface area contributed by atoms with E-state index in [9.17, 15) is 4.79 Å². The van der Waals surface area contributed by atoms with Crippen LogP contribution in [0, 0.1) is 13.8 Å². The van der Waals surface area contributed by atoms with Crippen molar-refractivity contribution >= 4 is 23.4 Å². The highest BCUT2D eigenvalue weighted by molar-refractivity contribution is 8.00. The van der Waals surface area contributed by atoms with Crippen LogP contribution in [0.2, 0.25) is 0 Å². The molecule has 33 heavy (non-hydrogen) atoms. The molecule has 168 valence electrons. The Bertz CT molecular complexity index is 1200. The molecule has 0 saturated heterocycles. The number of hydrogen-bond acceptors (Lipinski definition) is 5. The fourth-order valence-corrected chi connectivity index (χ4v) is 4.50. The van der Waals surface area contributed by atoms with Crippen LogP contribution in [0.5, 0.6) is 0 Å². The van der Waals surface area contributed by atoms with Crippen LogP contribution in [-0.2, 0) is 17.8 Å². The summed E-state index contributed by atoms with van der Waals surface area (Å²) in [6, 6.07) is 20.2. The smallest absolute Gasteiger partial charge is 0.237 e. The van der Waals surface area contributed by atoms with Crippen LogP contribution >= 0.6 is 11.8 Å². The molecule has 7 heteroatoms. The number of anilines is 1. The predicted octanol–water partition coefficient (Wildman–Crippen LogP) is 5.32. The number of pyridine rings is 1. The van der Waals surface area contributed by atoms with Gasteiger partial charge in [0.25, 0.3) is 0 Å². The number of thioether (sulfide) groups is 1. The highest BCUT2D eigenvalue weighted by Crippen LogP contribution is 2.28. The summed E-state index contributed by atoms with van der Waals surface area (Å²) >= 11 is 1.42. The average molecular weight is 458 g/mol. The maximum absolute atomic E-state index is 13.0. The second-order valence-electron chi connectivity index (χ2n) is 7.95. The van der Waals surface area contributed by atoms with Crippen LogP contribution in [-0.4, -0.2) is 30.9 Å². The van der Waals surface area contributed by atoms with Crippen molar-refractivity contribution in [2.24, 2.45) is 0 Å². The van der Waals surface area contributed by atoms with E-state index in [1.54, 1.807) is 12.4 Å². The molecule has 6 nitrogen and oxygen atoms in total. The molecule has 1 N–H and O–H groups in total. The molecule has 0 saturated carbocycles. The fourth-order valence-electron chi connectivity index (χ4n) is 3.63. The van der Waals surface area contributed by atoms with Crippen LogP contribution in [0.25, 0.3) is 11.4 Å². The number of nitrogens with one attached hydrogen (secondary N) is 1. The predicted molar refractivity (Wildman–Crippen MR) is 133 cm³/mol. The number of para-hydroxylation sites is 1. The van der Waals surface area contributed by atoms with E-state index >= 15 is 0 Å². The Morgan fingerprint density at radius 1 is 0.970 bits per heavy atom. The number of benzene rings is 2.